The maximum atomic E-state index is 11.5. The number of aromatic nitrogens is 1. The minimum absolute atomic E-state index is 0.415. The van der Waals surface area contributed by atoms with E-state index in [9.17, 15) is 4.79 Å². The SMILES string of the molecule is NC(=O)c1ccccc1-c1cccc2cnccc12. The largest absolute Gasteiger partial charge is 0.366 e. The third kappa shape index (κ3) is 1.95. The molecule has 0 spiro atoms. The third-order valence-corrected chi connectivity index (χ3v) is 3.16. The van der Waals surface area contributed by atoms with Gasteiger partial charge >= 0.3 is 0 Å². The van der Waals surface area contributed by atoms with Crippen LogP contribution in [0.25, 0.3) is 21.9 Å². The normalized spacial score (nSPS) is 10.5. The Kier molecular flexibility index (Phi) is 2.72. The van der Waals surface area contributed by atoms with E-state index >= 15 is 0 Å². The van der Waals surface area contributed by atoms with Crippen LogP contribution >= 0.6 is 0 Å². The van der Waals surface area contributed by atoms with Gasteiger partial charge in [0.15, 0.2) is 0 Å². The van der Waals surface area contributed by atoms with Crippen LogP contribution in [0.15, 0.2) is 60.9 Å². The molecule has 1 heterocycles. The molecule has 3 heteroatoms. The number of amides is 1. The Morgan fingerprint density at radius 2 is 1.74 bits per heavy atom. The van der Waals surface area contributed by atoms with Gasteiger partial charge in [-0.15, -0.1) is 0 Å². The van der Waals surface area contributed by atoms with Crippen molar-refractivity contribution in [3.63, 3.8) is 0 Å². The van der Waals surface area contributed by atoms with Gasteiger partial charge in [-0.1, -0.05) is 36.4 Å². The number of hydrogen-bond acceptors (Lipinski definition) is 2. The summed E-state index contributed by atoms with van der Waals surface area (Å²) in [5, 5.41) is 2.10. The lowest BCUT2D eigenvalue weighted by Gasteiger charge is -2.09. The van der Waals surface area contributed by atoms with Gasteiger partial charge in [0, 0.05) is 23.3 Å². The van der Waals surface area contributed by atoms with Crippen molar-refractivity contribution in [2.24, 2.45) is 5.73 Å². The molecule has 0 saturated carbocycles. The lowest BCUT2D eigenvalue weighted by atomic mass is 9.95. The fourth-order valence-electron chi connectivity index (χ4n) is 2.29. The van der Waals surface area contributed by atoms with Crippen molar-refractivity contribution in [1.29, 1.82) is 0 Å². The minimum atomic E-state index is -0.415. The number of primary amides is 1. The first kappa shape index (κ1) is 11.4. The monoisotopic (exact) mass is 248 g/mol. The van der Waals surface area contributed by atoms with Gasteiger partial charge in [0.1, 0.15) is 0 Å². The Labute approximate surface area is 110 Å². The first-order chi connectivity index (χ1) is 9.27. The highest BCUT2D eigenvalue weighted by Gasteiger charge is 2.11. The van der Waals surface area contributed by atoms with Crippen LogP contribution in [0.3, 0.4) is 0 Å². The summed E-state index contributed by atoms with van der Waals surface area (Å²) in [6, 6.07) is 15.3. The number of carbonyl (C=O) groups is 1. The molecular weight excluding hydrogens is 236 g/mol. The first-order valence-electron chi connectivity index (χ1n) is 5.99. The van der Waals surface area contributed by atoms with Gasteiger partial charge in [-0.25, -0.2) is 0 Å². The summed E-state index contributed by atoms with van der Waals surface area (Å²) in [5.41, 5.74) is 7.83. The van der Waals surface area contributed by atoms with Crippen molar-refractivity contribution >= 4 is 16.7 Å². The molecular formula is C16H12N2O. The zero-order valence-corrected chi connectivity index (χ0v) is 10.2. The molecule has 3 nitrogen and oxygen atoms in total. The highest BCUT2D eigenvalue weighted by atomic mass is 16.1. The standard InChI is InChI=1S/C16H12N2O/c17-16(19)15-6-2-1-5-14(15)13-7-3-4-11-10-18-9-8-12(11)13/h1-10H,(H2,17,19). The highest BCUT2D eigenvalue weighted by Crippen LogP contribution is 2.30. The summed E-state index contributed by atoms with van der Waals surface area (Å²) in [5.74, 6) is -0.415. The number of pyridine rings is 1. The smallest absolute Gasteiger partial charge is 0.249 e. The summed E-state index contributed by atoms with van der Waals surface area (Å²) < 4.78 is 0. The second kappa shape index (κ2) is 4.53. The van der Waals surface area contributed by atoms with Gasteiger partial charge < -0.3 is 5.73 Å². The van der Waals surface area contributed by atoms with E-state index in [-0.39, 0.29) is 0 Å². The number of nitrogens with zero attached hydrogens (tertiary/aromatic N) is 1. The number of fused-ring (bicyclic) bond motifs is 1. The molecule has 2 aromatic carbocycles. The van der Waals surface area contributed by atoms with Gasteiger partial charge in [0.25, 0.3) is 0 Å². The van der Waals surface area contributed by atoms with Gasteiger partial charge in [0.2, 0.25) is 5.91 Å². The summed E-state index contributed by atoms with van der Waals surface area (Å²) in [6.07, 6.45) is 3.56. The number of nitrogens with two attached hydrogens (primary N) is 1. The van der Waals surface area contributed by atoms with Crippen molar-refractivity contribution in [1.82, 2.24) is 4.98 Å². The Morgan fingerprint density at radius 3 is 2.58 bits per heavy atom. The topological polar surface area (TPSA) is 56.0 Å². The van der Waals surface area contributed by atoms with Crippen molar-refractivity contribution in [3.05, 3.63) is 66.5 Å². The fraction of sp³-hybridized carbons (Fsp3) is 0. The van der Waals surface area contributed by atoms with Crippen LogP contribution in [-0.2, 0) is 0 Å². The number of benzene rings is 2. The molecule has 19 heavy (non-hydrogen) atoms. The molecule has 1 aromatic heterocycles. The Balaban J connectivity index is 2.34. The number of rotatable bonds is 2. The molecule has 0 atom stereocenters. The van der Waals surface area contributed by atoms with Crippen LogP contribution < -0.4 is 5.73 Å². The Hall–Kier alpha value is -2.68. The maximum Gasteiger partial charge on any atom is 0.249 e. The first-order valence-corrected chi connectivity index (χ1v) is 5.99. The van der Waals surface area contributed by atoms with E-state index in [1.54, 1.807) is 12.3 Å². The molecule has 0 radical (unpaired) electrons. The lowest BCUT2D eigenvalue weighted by molar-refractivity contribution is 0.100. The fourth-order valence-corrected chi connectivity index (χ4v) is 2.29. The zero-order chi connectivity index (χ0) is 13.2. The van der Waals surface area contributed by atoms with Crippen LogP contribution in [0, 0.1) is 0 Å². The van der Waals surface area contributed by atoms with E-state index in [0.29, 0.717) is 5.56 Å². The quantitative estimate of drug-likeness (QED) is 0.758. The van der Waals surface area contributed by atoms with Crippen LogP contribution in [0.2, 0.25) is 0 Å². The van der Waals surface area contributed by atoms with E-state index in [1.807, 2.05) is 48.7 Å². The Bertz CT molecular complexity index is 760. The highest BCUT2D eigenvalue weighted by molar-refractivity contribution is 6.05. The van der Waals surface area contributed by atoms with Crippen molar-refractivity contribution in [2.45, 2.75) is 0 Å². The minimum Gasteiger partial charge on any atom is -0.366 e. The molecule has 0 aliphatic carbocycles. The average molecular weight is 248 g/mol. The third-order valence-electron chi connectivity index (χ3n) is 3.16. The second-order valence-corrected chi connectivity index (χ2v) is 4.31. The van der Waals surface area contributed by atoms with Gasteiger partial charge in [0.05, 0.1) is 0 Å². The number of hydrogen-bond donors (Lipinski definition) is 1. The lowest BCUT2D eigenvalue weighted by Crippen LogP contribution is -2.12. The number of carbonyl (C=O) groups excluding carboxylic acids is 1. The average Bonchev–Trinajstić information content (AvgIpc) is 2.46. The van der Waals surface area contributed by atoms with Crippen molar-refractivity contribution < 1.29 is 4.79 Å². The second-order valence-electron chi connectivity index (χ2n) is 4.31. The van der Waals surface area contributed by atoms with E-state index in [1.165, 1.54) is 0 Å². The summed E-state index contributed by atoms with van der Waals surface area (Å²) in [7, 11) is 0. The summed E-state index contributed by atoms with van der Waals surface area (Å²) in [4.78, 5) is 15.7. The summed E-state index contributed by atoms with van der Waals surface area (Å²) >= 11 is 0. The molecule has 0 bridgehead atoms. The molecule has 0 aliphatic rings. The molecule has 0 aliphatic heterocycles. The van der Waals surface area contributed by atoms with Crippen molar-refractivity contribution in [2.75, 3.05) is 0 Å². The van der Waals surface area contributed by atoms with E-state index in [0.717, 1.165) is 21.9 Å². The molecule has 0 unspecified atom stereocenters. The summed E-state index contributed by atoms with van der Waals surface area (Å²) in [6.45, 7) is 0. The van der Waals surface area contributed by atoms with Gasteiger partial charge in [-0.3, -0.25) is 9.78 Å². The molecule has 2 N–H and O–H groups in total. The van der Waals surface area contributed by atoms with E-state index in [2.05, 4.69) is 4.98 Å². The van der Waals surface area contributed by atoms with Crippen LogP contribution in [0.1, 0.15) is 10.4 Å². The predicted octanol–water partition coefficient (Wildman–Crippen LogP) is 3.00. The molecule has 3 rings (SSSR count). The van der Waals surface area contributed by atoms with Crippen LogP contribution in [0.5, 0.6) is 0 Å². The predicted molar refractivity (Wildman–Crippen MR) is 75.7 cm³/mol. The molecule has 3 aromatic rings. The molecule has 1 amide bonds. The molecule has 92 valence electrons. The zero-order valence-electron chi connectivity index (χ0n) is 10.2. The van der Waals surface area contributed by atoms with E-state index in [4.69, 9.17) is 5.73 Å². The van der Waals surface area contributed by atoms with E-state index < -0.39 is 5.91 Å². The Morgan fingerprint density at radius 1 is 0.947 bits per heavy atom. The van der Waals surface area contributed by atoms with Gasteiger partial charge in [-0.2, -0.15) is 0 Å². The van der Waals surface area contributed by atoms with Crippen LogP contribution in [-0.4, -0.2) is 10.9 Å². The maximum absolute atomic E-state index is 11.5. The van der Waals surface area contributed by atoms with Crippen molar-refractivity contribution in [3.8, 4) is 11.1 Å². The van der Waals surface area contributed by atoms with Gasteiger partial charge in [-0.05, 0) is 28.6 Å². The van der Waals surface area contributed by atoms with Crippen LogP contribution in [0.4, 0.5) is 0 Å². The molecule has 0 saturated heterocycles. The molecule has 0 fully saturated rings.